The molecule has 4 rings (SSSR count). The number of nitrogens with zero attached hydrogens (tertiary/aromatic N) is 2. The summed E-state index contributed by atoms with van der Waals surface area (Å²) in [6.07, 6.45) is 5.01. The van der Waals surface area contributed by atoms with Crippen LogP contribution in [-0.2, 0) is 32.6 Å². The fourth-order valence-electron chi connectivity index (χ4n) is 5.14. The van der Waals surface area contributed by atoms with Crippen molar-refractivity contribution in [3.8, 4) is 0 Å². The third-order valence-electron chi connectivity index (χ3n) is 7.37. The van der Waals surface area contributed by atoms with Gasteiger partial charge in [0.1, 0.15) is 18.4 Å². The van der Waals surface area contributed by atoms with Gasteiger partial charge in [-0.3, -0.25) is 13.9 Å². The predicted molar refractivity (Wildman–Crippen MR) is 155 cm³/mol. The minimum absolute atomic E-state index is 0.0344. The minimum Gasteiger partial charge on any atom is -0.352 e. The topological polar surface area (TPSA) is 86.8 Å². The van der Waals surface area contributed by atoms with E-state index in [4.69, 9.17) is 0 Å². The Balaban J connectivity index is 1.74. The molecule has 212 valence electrons. The van der Waals surface area contributed by atoms with E-state index in [0.717, 1.165) is 59.0 Å². The second-order valence-electron chi connectivity index (χ2n) is 10.4. The number of nitrogens with one attached hydrogen (secondary N) is 1. The number of aryl methyl sites for hydroxylation is 1. The van der Waals surface area contributed by atoms with Gasteiger partial charge in [0.05, 0.1) is 11.9 Å². The van der Waals surface area contributed by atoms with Gasteiger partial charge in [0.25, 0.3) is 0 Å². The van der Waals surface area contributed by atoms with E-state index < -0.39 is 34.3 Å². The Morgan fingerprint density at radius 3 is 2.23 bits per heavy atom. The van der Waals surface area contributed by atoms with Gasteiger partial charge in [0.15, 0.2) is 0 Å². The molecule has 1 fully saturated rings. The summed E-state index contributed by atoms with van der Waals surface area (Å²) in [4.78, 5) is 29.4. The van der Waals surface area contributed by atoms with E-state index >= 15 is 0 Å². The Kier molecular flexibility index (Phi) is 9.58. The second kappa shape index (κ2) is 13.1. The lowest BCUT2D eigenvalue weighted by Gasteiger charge is -2.34. The number of benzene rings is 3. The zero-order valence-corrected chi connectivity index (χ0v) is 23.7. The molecule has 0 heterocycles. The molecule has 1 aliphatic carbocycles. The molecule has 0 aromatic heterocycles. The molecule has 0 bridgehead atoms. The molecular formula is C31H36FN3O4S. The Hall–Kier alpha value is -3.72. The van der Waals surface area contributed by atoms with Crippen molar-refractivity contribution in [2.75, 3.05) is 17.1 Å². The van der Waals surface area contributed by atoms with Gasteiger partial charge in [0.2, 0.25) is 21.8 Å². The number of hydrogen-bond acceptors (Lipinski definition) is 4. The summed E-state index contributed by atoms with van der Waals surface area (Å²) < 4.78 is 41.1. The van der Waals surface area contributed by atoms with E-state index in [0.29, 0.717) is 0 Å². The fraction of sp³-hybridized carbons (Fsp3) is 0.355. The standard InChI is InChI=1S/C31H36FN3O4S/c1-23-12-6-7-15-25(23)21-34(30(36)22-35(40(2,38)39)28-19-11-10-18-27(28)32)29(20-24-13-4-3-5-14-24)31(37)33-26-16-8-9-17-26/h3-7,10-15,18-19,26,29H,8-9,16-17,20-22H2,1-2H3,(H,33,37). The Morgan fingerprint density at radius 1 is 0.950 bits per heavy atom. The van der Waals surface area contributed by atoms with Crippen LogP contribution in [0.1, 0.15) is 42.4 Å². The van der Waals surface area contributed by atoms with Gasteiger partial charge in [0, 0.05) is 19.0 Å². The van der Waals surface area contributed by atoms with E-state index in [2.05, 4.69) is 5.32 Å². The highest BCUT2D eigenvalue weighted by Gasteiger charge is 2.34. The quantitative estimate of drug-likeness (QED) is 0.368. The number of rotatable bonds is 11. The minimum atomic E-state index is -4.03. The average molecular weight is 566 g/mol. The zero-order chi connectivity index (χ0) is 28.7. The zero-order valence-electron chi connectivity index (χ0n) is 22.9. The molecule has 2 amide bonds. The highest BCUT2D eigenvalue weighted by atomic mass is 32.2. The molecule has 0 saturated heterocycles. The summed E-state index contributed by atoms with van der Waals surface area (Å²) in [6.45, 7) is 1.37. The van der Waals surface area contributed by atoms with Gasteiger partial charge >= 0.3 is 0 Å². The molecule has 1 unspecified atom stereocenters. The predicted octanol–water partition coefficient (Wildman–Crippen LogP) is 4.60. The molecule has 0 aliphatic heterocycles. The number of anilines is 1. The van der Waals surface area contributed by atoms with Crippen LogP contribution in [0.2, 0.25) is 0 Å². The number of amides is 2. The number of halogens is 1. The third kappa shape index (κ3) is 7.47. The lowest BCUT2D eigenvalue weighted by molar-refractivity contribution is -0.140. The highest BCUT2D eigenvalue weighted by Crippen LogP contribution is 2.24. The number of para-hydroxylation sites is 1. The molecule has 0 spiro atoms. The summed E-state index contributed by atoms with van der Waals surface area (Å²) in [6, 6.07) is 21.5. The molecule has 40 heavy (non-hydrogen) atoms. The van der Waals surface area contributed by atoms with E-state index in [9.17, 15) is 22.4 Å². The van der Waals surface area contributed by atoms with Crippen molar-refractivity contribution in [3.05, 3.63) is 101 Å². The first-order valence-corrected chi connectivity index (χ1v) is 15.4. The second-order valence-corrected chi connectivity index (χ2v) is 12.3. The summed E-state index contributed by atoms with van der Waals surface area (Å²) in [7, 11) is -4.03. The van der Waals surface area contributed by atoms with Crippen LogP contribution in [0, 0.1) is 12.7 Å². The van der Waals surface area contributed by atoms with Crippen LogP contribution in [0.25, 0.3) is 0 Å². The molecule has 1 aliphatic rings. The summed E-state index contributed by atoms with van der Waals surface area (Å²) in [5.41, 5.74) is 2.42. The lowest BCUT2D eigenvalue weighted by Crippen LogP contribution is -2.54. The third-order valence-corrected chi connectivity index (χ3v) is 8.50. The van der Waals surface area contributed by atoms with Crippen molar-refractivity contribution >= 4 is 27.5 Å². The van der Waals surface area contributed by atoms with E-state index in [1.165, 1.54) is 23.1 Å². The van der Waals surface area contributed by atoms with Gasteiger partial charge < -0.3 is 10.2 Å². The summed E-state index contributed by atoms with van der Waals surface area (Å²) in [5.74, 6) is -1.64. The van der Waals surface area contributed by atoms with Crippen molar-refractivity contribution in [3.63, 3.8) is 0 Å². The molecule has 1 saturated carbocycles. The van der Waals surface area contributed by atoms with Crippen molar-refractivity contribution in [1.29, 1.82) is 0 Å². The smallest absolute Gasteiger partial charge is 0.244 e. The number of sulfonamides is 1. The molecule has 3 aromatic rings. The molecule has 3 aromatic carbocycles. The van der Waals surface area contributed by atoms with Crippen LogP contribution in [0.4, 0.5) is 10.1 Å². The monoisotopic (exact) mass is 565 g/mol. The highest BCUT2D eigenvalue weighted by molar-refractivity contribution is 7.92. The van der Waals surface area contributed by atoms with E-state index in [1.54, 1.807) is 0 Å². The van der Waals surface area contributed by atoms with Crippen LogP contribution in [0.5, 0.6) is 0 Å². The molecule has 1 N–H and O–H groups in total. The lowest BCUT2D eigenvalue weighted by atomic mass is 10.0. The van der Waals surface area contributed by atoms with Crippen LogP contribution in [0.3, 0.4) is 0 Å². The Bertz CT molecular complexity index is 1430. The van der Waals surface area contributed by atoms with Gasteiger partial charge in [-0.1, -0.05) is 79.6 Å². The van der Waals surface area contributed by atoms with Gasteiger partial charge in [-0.25, -0.2) is 12.8 Å². The van der Waals surface area contributed by atoms with Gasteiger partial charge in [-0.2, -0.15) is 0 Å². The van der Waals surface area contributed by atoms with E-state index in [-0.39, 0.29) is 30.6 Å². The first kappa shape index (κ1) is 29.3. The first-order valence-electron chi connectivity index (χ1n) is 13.5. The van der Waals surface area contributed by atoms with Crippen LogP contribution in [-0.4, -0.2) is 50.0 Å². The van der Waals surface area contributed by atoms with Crippen molar-refractivity contribution < 1.29 is 22.4 Å². The Labute approximate surface area is 236 Å². The van der Waals surface area contributed by atoms with Crippen molar-refractivity contribution in [2.45, 2.75) is 57.7 Å². The number of carbonyl (C=O) groups excluding carboxylic acids is 2. The summed E-state index contributed by atoms with van der Waals surface area (Å²) >= 11 is 0. The molecule has 0 radical (unpaired) electrons. The number of hydrogen-bond donors (Lipinski definition) is 1. The largest absolute Gasteiger partial charge is 0.352 e. The molecule has 9 heteroatoms. The fourth-order valence-corrected chi connectivity index (χ4v) is 5.99. The van der Waals surface area contributed by atoms with Crippen LogP contribution >= 0.6 is 0 Å². The van der Waals surface area contributed by atoms with Gasteiger partial charge in [-0.05, 0) is 48.6 Å². The normalized spacial score (nSPS) is 14.5. The average Bonchev–Trinajstić information content (AvgIpc) is 3.43. The molecule has 7 nitrogen and oxygen atoms in total. The molecule has 1 atom stereocenters. The maximum absolute atomic E-state index is 14.7. The van der Waals surface area contributed by atoms with Crippen molar-refractivity contribution in [1.82, 2.24) is 10.2 Å². The van der Waals surface area contributed by atoms with Crippen molar-refractivity contribution in [2.24, 2.45) is 0 Å². The maximum Gasteiger partial charge on any atom is 0.244 e. The summed E-state index contributed by atoms with van der Waals surface area (Å²) in [5, 5.41) is 3.13. The maximum atomic E-state index is 14.7. The molecular weight excluding hydrogens is 529 g/mol. The van der Waals surface area contributed by atoms with Crippen LogP contribution in [0.15, 0.2) is 78.9 Å². The van der Waals surface area contributed by atoms with Crippen LogP contribution < -0.4 is 9.62 Å². The SMILES string of the molecule is Cc1ccccc1CN(C(=O)CN(c1ccccc1F)S(C)(=O)=O)C(Cc1ccccc1)C(=O)NC1CCCC1. The van der Waals surface area contributed by atoms with Gasteiger partial charge in [-0.15, -0.1) is 0 Å². The first-order chi connectivity index (χ1) is 19.1. The van der Waals surface area contributed by atoms with E-state index in [1.807, 2.05) is 61.5 Å². The number of carbonyl (C=O) groups is 2. The Morgan fingerprint density at radius 2 is 1.57 bits per heavy atom.